The van der Waals surface area contributed by atoms with Crippen LogP contribution in [-0.2, 0) is 26.2 Å². The Morgan fingerprint density at radius 3 is 2.23 bits per heavy atom. The summed E-state index contributed by atoms with van der Waals surface area (Å²) in [6.45, 7) is 0.948. The van der Waals surface area contributed by atoms with Gasteiger partial charge in [-0.3, -0.25) is 9.59 Å². The number of anilines is 1. The highest BCUT2D eigenvalue weighted by molar-refractivity contribution is 7.98. The quantitative estimate of drug-likeness (QED) is 0.246. The molecule has 8 nitrogen and oxygen atoms in total. The second-order valence-electron chi connectivity index (χ2n) is 7.53. The summed E-state index contributed by atoms with van der Waals surface area (Å²) in [6, 6.07) is 22.4. The lowest BCUT2D eigenvalue weighted by molar-refractivity contribution is -0.121. The fraction of sp³-hybridized carbons (Fsp3) is 0.160. The largest absolute Gasteiger partial charge is 0.326 e. The van der Waals surface area contributed by atoms with Gasteiger partial charge in [-0.05, 0) is 53.8 Å². The number of nitrogens with zero attached hydrogens (tertiary/aromatic N) is 2. The van der Waals surface area contributed by atoms with Crippen LogP contribution < -0.4 is 10.7 Å². The minimum absolute atomic E-state index is 0.00387. The fourth-order valence-corrected chi connectivity index (χ4v) is 4.93. The van der Waals surface area contributed by atoms with E-state index in [0.29, 0.717) is 5.69 Å². The number of carbonyl (C=O) groups is 2. The van der Waals surface area contributed by atoms with Crippen molar-refractivity contribution in [3.63, 3.8) is 0 Å². The molecule has 0 aromatic heterocycles. The zero-order valence-electron chi connectivity index (χ0n) is 19.3. The average Bonchev–Trinajstić information content (AvgIpc) is 2.84. The number of amides is 2. The predicted octanol–water partition coefficient (Wildman–Crippen LogP) is 3.71. The zero-order valence-corrected chi connectivity index (χ0v) is 21.0. The molecule has 182 valence electrons. The molecule has 10 heteroatoms. The Morgan fingerprint density at radius 1 is 0.971 bits per heavy atom. The van der Waals surface area contributed by atoms with E-state index in [1.165, 1.54) is 37.4 Å². The molecule has 0 aliphatic heterocycles. The first-order chi connectivity index (χ1) is 16.8. The van der Waals surface area contributed by atoms with Gasteiger partial charge in [0.15, 0.2) is 0 Å². The van der Waals surface area contributed by atoms with Gasteiger partial charge in [0.2, 0.25) is 15.9 Å². The maximum Gasteiger partial charge on any atom is 0.255 e. The van der Waals surface area contributed by atoms with Crippen molar-refractivity contribution < 1.29 is 18.0 Å². The molecule has 0 aliphatic carbocycles. The van der Waals surface area contributed by atoms with Crippen molar-refractivity contribution in [3.8, 4) is 0 Å². The third-order valence-electron chi connectivity index (χ3n) is 4.85. The van der Waals surface area contributed by atoms with E-state index in [1.807, 2.05) is 36.6 Å². The van der Waals surface area contributed by atoms with Crippen LogP contribution in [0, 0.1) is 0 Å². The van der Waals surface area contributed by atoms with Gasteiger partial charge >= 0.3 is 0 Å². The Morgan fingerprint density at radius 2 is 1.63 bits per heavy atom. The molecule has 0 unspecified atom stereocenters. The van der Waals surface area contributed by atoms with Gasteiger partial charge < -0.3 is 5.32 Å². The summed E-state index contributed by atoms with van der Waals surface area (Å²) in [5.74, 6) is -0.833. The van der Waals surface area contributed by atoms with E-state index >= 15 is 0 Å². The summed E-state index contributed by atoms with van der Waals surface area (Å²) in [7, 11) is -4.02. The molecule has 0 fully saturated rings. The number of thioether (sulfide) groups is 1. The maximum atomic E-state index is 13.4. The van der Waals surface area contributed by atoms with E-state index in [4.69, 9.17) is 0 Å². The van der Waals surface area contributed by atoms with Gasteiger partial charge in [0, 0.05) is 24.1 Å². The van der Waals surface area contributed by atoms with Gasteiger partial charge in [0.05, 0.1) is 17.7 Å². The lowest BCUT2D eigenvalue weighted by atomic mass is 10.2. The van der Waals surface area contributed by atoms with Crippen LogP contribution in [0.4, 0.5) is 5.69 Å². The summed E-state index contributed by atoms with van der Waals surface area (Å²) in [5.41, 5.74) is 4.41. The Kier molecular flexibility index (Phi) is 9.18. The number of hydrogen-bond donors (Lipinski definition) is 2. The summed E-state index contributed by atoms with van der Waals surface area (Å²) in [6.07, 6.45) is 3.48. The zero-order chi connectivity index (χ0) is 25.3. The van der Waals surface area contributed by atoms with E-state index in [2.05, 4.69) is 15.8 Å². The highest BCUT2D eigenvalue weighted by Gasteiger charge is 2.27. The van der Waals surface area contributed by atoms with Gasteiger partial charge in [-0.1, -0.05) is 42.5 Å². The first kappa shape index (κ1) is 26.1. The third kappa shape index (κ3) is 7.78. The molecule has 0 heterocycles. The van der Waals surface area contributed by atoms with Crippen LogP contribution in [0.25, 0.3) is 0 Å². The smallest absolute Gasteiger partial charge is 0.255 e. The Labute approximate surface area is 209 Å². The normalized spacial score (nSPS) is 11.5. The van der Waals surface area contributed by atoms with Crippen molar-refractivity contribution in [1.29, 1.82) is 0 Å². The molecule has 3 aromatic rings. The second kappa shape index (κ2) is 12.3. The number of hydrogen-bond acceptors (Lipinski definition) is 6. The SMILES string of the molecule is CSc1ccc(/C=N\NC(=O)CN(Cc2ccccc2)S(=O)(=O)c2ccc(NC(C)=O)cc2)cc1. The predicted molar refractivity (Wildman–Crippen MR) is 139 cm³/mol. The molecule has 35 heavy (non-hydrogen) atoms. The summed E-state index contributed by atoms with van der Waals surface area (Å²) >= 11 is 1.62. The van der Waals surface area contributed by atoms with Gasteiger partial charge in [-0.25, -0.2) is 13.8 Å². The fourth-order valence-electron chi connectivity index (χ4n) is 3.14. The molecule has 3 rings (SSSR count). The standard InChI is InChI=1S/C25H26N4O4S2/c1-19(30)27-22-10-14-24(15-11-22)35(32,33)29(17-21-6-4-3-5-7-21)18-25(31)28-26-16-20-8-12-23(34-2)13-9-20/h3-16H,17-18H2,1-2H3,(H,27,30)(H,28,31)/b26-16-. The number of sulfonamides is 1. The molecule has 2 N–H and O–H groups in total. The van der Waals surface area contributed by atoms with Crippen molar-refractivity contribution in [2.45, 2.75) is 23.3 Å². The van der Waals surface area contributed by atoms with E-state index in [1.54, 1.807) is 36.0 Å². The third-order valence-corrected chi connectivity index (χ3v) is 7.40. The summed E-state index contributed by atoms with van der Waals surface area (Å²) < 4.78 is 27.9. The lowest BCUT2D eigenvalue weighted by Gasteiger charge is -2.21. The van der Waals surface area contributed by atoms with Crippen molar-refractivity contribution in [3.05, 3.63) is 90.0 Å². The maximum absolute atomic E-state index is 13.4. The Balaban J connectivity index is 1.76. The number of hydrazone groups is 1. The molecular formula is C25H26N4O4S2. The van der Waals surface area contributed by atoms with Gasteiger partial charge in [0.25, 0.3) is 5.91 Å². The molecule has 0 atom stereocenters. The monoisotopic (exact) mass is 510 g/mol. The number of carbonyl (C=O) groups excluding carboxylic acids is 2. The Bertz CT molecular complexity index is 1280. The van der Waals surface area contributed by atoms with Crippen LogP contribution in [0.2, 0.25) is 0 Å². The van der Waals surface area contributed by atoms with Gasteiger partial charge in [-0.2, -0.15) is 9.41 Å². The molecule has 0 aliphatic rings. The average molecular weight is 511 g/mol. The molecule has 0 spiro atoms. The van der Waals surface area contributed by atoms with Crippen molar-refractivity contribution in [2.24, 2.45) is 5.10 Å². The molecule has 0 saturated heterocycles. The van der Waals surface area contributed by atoms with E-state index < -0.39 is 22.5 Å². The number of benzene rings is 3. The number of nitrogens with one attached hydrogen (secondary N) is 2. The second-order valence-corrected chi connectivity index (χ2v) is 10.3. The van der Waals surface area contributed by atoms with Crippen LogP contribution >= 0.6 is 11.8 Å². The molecule has 3 aromatic carbocycles. The molecule has 0 saturated carbocycles. The van der Waals surface area contributed by atoms with Crippen molar-refractivity contribution >= 4 is 45.5 Å². The topological polar surface area (TPSA) is 108 Å². The lowest BCUT2D eigenvalue weighted by Crippen LogP contribution is -2.39. The van der Waals surface area contributed by atoms with Crippen molar-refractivity contribution in [1.82, 2.24) is 9.73 Å². The highest BCUT2D eigenvalue weighted by Crippen LogP contribution is 2.20. The summed E-state index contributed by atoms with van der Waals surface area (Å²) in [5, 5.41) is 6.56. The highest BCUT2D eigenvalue weighted by atomic mass is 32.2. The first-order valence-corrected chi connectivity index (χ1v) is 13.3. The number of rotatable bonds is 10. The van der Waals surface area contributed by atoms with Gasteiger partial charge in [-0.15, -0.1) is 11.8 Å². The van der Waals surface area contributed by atoms with Crippen molar-refractivity contribution in [2.75, 3.05) is 18.1 Å². The first-order valence-electron chi connectivity index (χ1n) is 10.7. The molecule has 0 radical (unpaired) electrons. The summed E-state index contributed by atoms with van der Waals surface area (Å²) in [4.78, 5) is 25.0. The van der Waals surface area contributed by atoms with E-state index in [9.17, 15) is 18.0 Å². The van der Waals surface area contributed by atoms with Crippen LogP contribution in [-0.4, -0.2) is 43.6 Å². The van der Waals surface area contributed by atoms with E-state index in [-0.39, 0.29) is 17.3 Å². The van der Waals surface area contributed by atoms with Crippen LogP contribution in [0.3, 0.4) is 0 Å². The van der Waals surface area contributed by atoms with Crippen LogP contribution in [0.15, 0.2) is 93.8 Å². The van der Waals surface area contributed by atoms with Gasteiger partial charge in [0.1, 0.15) is 0 Å². The van der Waals surface area contributed by atoms with Crippen LogP contribution in [0.1, 0.15) is 18.1 Å². The van der Waals surface area contributed by atoms with Crippen LogP contribution in [0.5, 0.6) is 0 Å². The molecule has 0 bridgehead atoms. The van der Waals surface area contributed by atoms with E-state index in [0.717, 1.165) is 20.3 Å². The molecule has 2 amide bonds. The molecular weight excluding hydrogens is 484 g/mol. The minimum atomic E-state index is -4.02. The minimum Gasteiger partial charge on any atom is -0.326 e. The Hall–Kier alpha value is -3.47.